The number of ether oxygens (including phenoxy) is 2. The highest BCUT2D eigenvalue weighted by Crippen LogP contribution is 2.37. The first-order chi connectivity index (χ1) is 10.9. The van der Waals surface area contributed by atoms with Crippen molar-refractivity contribution in [1.29, 1.82) is 0 Å². The van der Waals surface area contributed by atoms with Gasteiger partial charge in [0.25, 0.3) is 5.91 Å². The first kappa shape index (κ1) is 17.6. The zero-order valence-electron chi connectivity index (χ0n) is 12.2. The second-order valence-corrected chi connectivity index (χ2v) is 6.48. The highest BCUT2D eigenvalue weighted by molar-refractivity contribution is 8.26. The maximum atomic E-state index is 12.3. The zero-order valence-corrected chi connectivity index (χ0v) is 14.5. The molecule has 1 saturated heterocycles. The molecule has 1 aromatic rings. The molecule has 122 valence electrons. The molecule has 0 radical (unpaired) electrons. The highest BCUT2D eigenvalue weighted by Gasteiger charge is 2.33. The summed E-state index contributed by atoms with van der Waals surface area (Å²) in [6.07, 6.45) is 1.56. The molecule has 1 amide bonds. The third-order valence-corrected chi connectivity index (χ3v) is 4.62. The maximum Gasteiger partial charge on any atom is 0.325 e. The molecule has 0 saturated carbocycles. The lowest BCUT2D eigenvalue weighted by molar-refractivity contribution is -0.143. The van der Waals surface area contributed by atoms with Crippen LogP contribution >= 0.6 is 35.6 Å². The Morgan fingerprint density at radius 1 is 1.48 bits per heavy atom. The van der Waals surface area contributed by atoms with Crippen LogP contribution in [0.25, 0.3) is 6.08 Å². The van der Waals surface area contributed by atoms with Crippen molar-refractivity contribution in [3.05, 3.63) is 27.6 Å². The van der Waals surface area contributed by atoms with Crippen molar-refractivity contribution < 1.29 is 24.2 Å². The van der Waals surface area contributed by atoms with Gasteiger partial charge in [-0.2, -0.15) is 0 Å². The Hall–Kier alpha value is -1.77. The second kappa shape index (κ2) is 7.20. The summed E-state index contributed by atoms with van der Waals surface area (Å²) in [6.45, 7) is -0.238. The van der Waals surface area contributed by atoms with Crippen molar-refractivity contribution in [3.63, 3.8) is 0 Å². The van der Waals surface area contributed by atoms with Gasteiger partial charge in [-0.15, -0.1) is 0 Å². The van der Waals surface area contributed by atoms with E-state index in [-0.39, 0.29) is 27.4 Å². The van der Waals surface area contributed by atoms with Gasteiger partial charge < -0.3 is 14.6 Å². The zero-order chi connectivity index (χ0) is 17.1. The van der Waals surface area contributed by atoms with E-state index in [0.717, 1.165) is 16.7 Å². The van der Waals surface area contributed by atoms with Gasteiger partial charge in [0.2, 0.25) is 0 Å². The summed E-state index contributed by atoms with van der Waals surface area (Å²) in [6, 6.07) is 3.03. The van der Waals surface area contributed by atoms with Crippen LogP contribution in [0.2, 0.25) is 5.02 Å². The number of rotatable bonds is 4. The predicted molar refractivity (Wildman–Crippen MR) is 91.6 cm³/mol. The molecule has 0 atom stereocenters. The van der Waals surface area contributed by atoms with Crippen molar-refractivity contribution in [2.45, 2.75) is 0 Å². The van der Waals surface area contributed by atoms with Crippen LogP contribution < -0.4 is 4.74 Å². The molecule has 1 aromatic carbocycles. The molecule has 1 aliphatic rings. The largest absolute Gasteiger partial charge is 0.503 e. The van der Waals surface area contributed by atoms with Crippen molar-refractivity contribution >= 4 is 57.9 Å². The quantitative estimate of drug-likeness (QED) is 0.493. The summed E-state index contributed by atoms with van der Waals surface area (Å²) < 4.78 is 9.82. The fourth-order valence-corrected chi connectivity index (χ4v) is 3.29. The van der Waals surface area contributed by atoms with Crippen LogP contribution in [0.4, 0.5) is 0 Å². The molecule has 1 heterocycles. The summed E-state index contributed by atoms with van der Waals surface area (Å²) in [4.78, 5) is 25.1. The number of benzene rings is 1. The molecule has 1 fully saturated rings. The lowest BCUT2D eigenvalue weighted by atomic mass is 10.2. The van der Waals surface area contributed by atoms with E-state index in [4.69, 9.17) is 28.6 Å². The first-order valence-corrected chi connectivity index (χ1v) is 7.86. The van der Waals surface area contributed by atoms with E-state index in [1.807, 2.05) is 0 Å². The molecular formula is C14H12ClNO5S2. The average Bonchev–Trinajstić information content (AvgIpc) is 2.78. The molecule has 0 bridgehead atoms. The molecule has 0 unspecified atom stereocenters. The Kier molecular flexibility index (Phi) is 5.51. The molecule has 9 heteroatoms. The van der Waals surface area contributed by atoms with Crippen molar-refractivity contribution in [3.8, 4) is 11.5 Å². The monoisotopic (exact) mass is 373 g/mol. The standard InChI is InChI=1S/C14H12ClNO5S2/c1-20-9-4-7(3-8(15)12(9)18)5-10-13(19)16(14(22)23-10)6-11(17)21-2/h3-5,18H,6H2,1-2H3/b10-5-. The highest BCUT2D eigenvalue weighted by atomic mass is 35.5. The number of halogens is 1. The van der Waals surface area contributed by atoms with Gasteiger partial charge in [0.1, 0.15) is 10.9 Å². The Morgan fingerprint density at radius 2 is 2.17 bits per heavy atom. The maximum absolute atomic E-state index is 12.3. The lowest BCUT2D eigenvalue weighted by Crippen LogP contribution is -2.33. The molecule has 0 aliphatic carbocycles. The van der Waals surface area contributed by atoms with Gasteiger partial charge in [0, 0.05) is 0 Å². The van der Waals surface area contributed by atoms with E-state index in [2.05, 4.69) is 4.74 Å². The minimum atomic E-state index is -0.558. The molecule has 1 aliphatic heterocycles. The van der Waals surface area contributed by atoms with Crippen LogP contribution in [0.15, 0.2) is 17.0 Å². The number of aromatic hydroxyl groups is 1. The summed E-state index contributed by atoms with van der Waals surface area (Å²) >= 11 is 12.1. The van der Waals surface area contributed by atoms with Crippen molar-refractivity contribution in [2.75, 3.05) is 20.8 Å². The number of phenols is 1. The number of amides is 1. The van der Waals surface area contributed by atoms with E-state index >= 15 is 0 Å². The summed E-state index contributed by atoms with van der Waals surface area (Å²) in [5.41, 5.74) is 0.559. The van der Waals surface area contributed by atoms with Gasteiger partial charge in [-0.3, -0.25) is 14.5 Å². The Bertz CT molecular complexity index is 719. The van der Waals surface area contributed by atoms with E-state index in [1.54, 1.807) is 6.08 Å². The van der Waals surface area contributed by atoms with Crippen molar-refractivity contribution in [2.24, 2.45) is 0 Å². The van der Waals surface area contributed by atoms with Crippen LogP contribution in [0.1, 0.15) is 5.56 Å². The van der Waals surface area contributed by atoms with Crippen molar-refractivity contribution in [1.82, 2.24) is 4.90 Å². The van der Waals surface area contributed by atoms with Gasteiger partial charge in [-0.25, -0.2) is 0 Å². The molecule has 1 N–H and O–H groups in total. The van der Waals surface area contributed by atoms with E-state index in [9.17, 15) is 14.7 Å². The van der Waals surface area contributed by atoms with Gasteiger partial charge in [-0.1, -0.05) is 35.6 Å². The first-order valence-electron chi connectivity index (χ1n) is 6.26. The van der Waals surface area contributed by atoms with Crippen LogP contribution in [0.3, 0.4) is 0 Å². The second-order valence-electron chi connectivity index (χ2n) is 4.40. The number of carbonyl (C=O) groups excluding carboxylic acids is 2. The third-order valence-electron chi connectivity index (χ3n) is 2.96. The lowest BCUT2D eigenvalue weighted by Gasteiger charge is -2.11. The van der Waals surface area contributed by atoms with Crippen LogP contribution in [-0.4, -0.2) is 47.0 Å². The Labute approximate surface area is 147 Å². The normalized spacial score (nSPS) is 16.1. The third kappa shape index (κ3) is 3.77. The molecule has 23 heavy (non-hydrogen) atoms. The summed E-state index contributed by atoms with van der Waals surface area (Å²) in [5.74, 6) is -0.941. The SMILES string of the molecule is COC(=O)CN1C(=O)/C(=C/c2cc(Cl)c(O)c(OC)c2)SC1=S. The molecule has 0 aromatic heterocycles. The number of phenolic OH excluding ortho intramolecular Hbond substituents is 1. The Balaban J connectivity index is 2.31. The Morgan fingerprint density at radius 3 is 2.78 bits per heavy atom. The van der Waals surface area contributed by atoms with Gasteiger partial charge in [0.15, 0.2) is 11.5 Å². The van der Waals surface area contributed by atoms with E-state index in [0.29, 0.717) is 10.5 Å². The number of carbonyl (C=O) groups is 2. The smallest absolute Gasteiger partial charge is 0.325 e. The predicted octanol–water partition coefficient (Wildman–Crippen LogP) is 2.43. The molecular weight excluding hydrogens is 362 g/mol. The minimum absolute atomic E-state index is 0.0978. The van der Waals surface area contributed by atoms with Crippen LogP contribution in [0.5, 0.6) is 11.5 Å². The fourth-order valence-electron chi connectivity index (χ4n) is 1.81. The number of methoxy groups -OCH3 is 2. The molecule has 6 nitrogen and oxygen atoms in total. The number of hydrogen-bond acceptors (Lipinski definition) is 7. The van der Waals surface area contributed by atoms with E-state index < -0.39 is 11.9 Å². The van der Waals surface area contributed by atoms with Gasteiger partial charge in [-0.05, 0) is 23.8 Å². The number of thioether (sulfide) groups is 1. The molecule has 0 spiro atoms. The molecule has 2 rings (SSSR count). The van der Waals surface area contributed by atoms with Crippen LogP contribution in [0, 0.1) is 0 Å². The number of esters is 1. The van der Waals surface area contributed by atoms with Crippen LogP contribution in [-0.2, 0) is 14.3 Å². The van der Waals surface area contributed by atoms with Gasteiger partial charge in [0.05, 0.1) is 24.1 Å². The number of hydrogen-bond donors (Lipinski definition) is 1. The minimum Gasteiger partial charge on any atom is -0.503 e. The van der Waals surface area contributed by atoms with E-state index in [1.165, 1.54) is 26.4 Å². The summed E-state index contributed by atoms with van der Waals surface area (Å²) in [7, 11) is 2.63. The average molecular weight is 374 g/mol. The topological polar surface area (TPSA) is 76.1 Å². The number of thiocarbonyl (C=S) groups is 1. The fraction of sp³-hybridized carbons (Fsp3) is 0.214. The number of nitrogens with zero attached hydrogens (tertiary/aromatic N) is 1. The van der Waals surface area contributed by atoms with Gasteiger partial charge >= 0.3 is 5.97 Å². The summed E-state index contributed by atoms with van der Waals surface area (Å²) in [5, 5.41) is 9.81.